The molecule has 21 heavy (non-hydrogen) atoms. The lowest BCUT2D eigenvalue weighted by Gasteiger charge is -2.11. The average Bonchev–Trinajstić information content (AvgIpc) is 2.49. The second kappa shape index (κ2) is 6.88. The molecule has 0 saturated carbocycles. The van der Waals surface area contributed by atoms with E-state index in [-0.39, 0.29) is 24.7 Å². The van der Waals surface area contributed by atoms with E-state index in [4.69, 9.17) is 4.74 Å². The molecule has 0 aliphatic carbocycles. The molecule has 3 nitrogen and oxygen atoms in total. The van der Waals surface area contributed by atoms with Gasteiger partial charge in [-0.1, -0.05) is 30.3 Å². The fraction of sp³-hybridized carbons (Fsp3) is 0.235. The third kappa shape index (κ3) is 4.05. The molecule has 4 heteroatoms. The Bertz CT molecular complexity index is 638. The van der Waals surface area contributed by atoms with Crippen LogP contribution in [-0.4, -0.2) is 13.1 Å². The normalized spacial score (nSPS) is 10.2. The smallest absolute Gasteiger partial charge is 0.309 e. The number of rotatable bonds is 5. The van der Waals surface area contributed by atoms with Crippen LogP contribution >= 0.6 is 0 Å². The summed E-state index contributed by atoms with van der Waals surface area (Å²) in [4.78, 5) is 11.4. The number of methoxy groups -OCH3 is 1. The zero-order chi connectivity index (χ0) is 15.2. The maximum Gasteiger partial charge on any atom is 0.309 e. The van der Waals surface area contributed by atoms with Gasteiger partial charge in [0.15, 0.2) is 11.6 Å². The second-order valence-electron chi connectivity index (χ2n) is 4.74. The van der Waals surface area contributed by atoms with Crippen molar-refractivity contribution in [1.29, 1.82) is 0 Å². The van der Waals surface area contributed by atoms with Crippen LogP contribution in [0.25, 0.3) is 0 Å². The van der Waals surface area contributed by atoms with Crippen LogP contribution in [0.1, 0.15) is 16.7 Å². The van der Waals surface area contributed by atoms with E-state index in [1.54, 1.807) is 12.1 Å². The Morgan fingerprint density at radius 2 is 1.86 bits per heavy atom. The number of halogens is 1. The van der Waals surface area contributed by atoms with Crippen molar-refractivity contribution >= 4 is 5.97 Å². The number of aryl methyl sites for hydroxylation is 1. The highest BCUT2D eigenvalue weighted by Crippen LogP contribution is 2.20. The summed E-state index contributed by atoms with van der Waals surface area (Å²) in [5.74, 6) is -0.502. The van der Waals surface area contributed by atoms with E-state index in [9.17, 15) is 9.18 Å². The monoisotopic (exact) mass is 288 g/mol. The summed E-state index contributed by atoms with van der Waals surface area (Å²) in [6.07, 6.45) is 0.173. The van der Waals surface area contributed by atoms with Crippen molar-refractivity contribution in [3.05, 3.63) is 65.0 Å². The molecular formula is C17H17FO3. The summed E-state index contributed by atoms with van der Waals surface area (Å²) in [5.41, 5.74) is 2.58. The van der Waals surface area contributed by atoms with Gasteiger partial charge < -0.3 is 9.47 Å². The van der Waals surface area contributed by atoms with Crippen molar-refractivity contribution in [3.63, 3.8) is 0 Å². The molecule has 0 amide bonds. The van der Waals surface area contributed by atoms with Crippen LogP contribution in [0.3, 0.4) is 0 Å². The number of carbonyl (C=O) groups excluding carboxylic acids is 1. The number of carbonyl (C=O) groups is 1. The zero-order valence-corrected chi connectivity index (χ0v) is 12.1. The van der Waals surface area contributed by atoms with Crippen molar-refractivity contribution in [2.75, 3.05) is 7.11 Å². The van der Waals surface area contributed by atoms with E-state index in [1.165, 1.54) is 13.2 Å². The first kappa shape index (κ1) is 15.0. The van der Waals surface area contributed by atoms with Gasteiger partial charge in [-0.25, -0.2) is 4.39 Å². The minimum Gasteiger partial charge on any atom is -0.486 e. The van der Waals surface area contributed by atoms with Crippen molar-refractivity contribution in [2.24, 2.45) is 0 Å². The summed E-state index contributed by atoms with van der Waals surface area (Å²) in [6, 6.07) is 12.1. The molecule has 0 atom stereocenters. The fourth-order valence-electron chi connectivity index (χ4n) is 1.98. The third-order valence-electron chi connectivity index (χ3n) is 3.15. The molecule has 2 aromatic rings. The Kier molecular flexibility index (Phi) is 4.93. The van der Waals surface area contributed by atoms with Crippen LogP contribution in [0.4, 0.5) is 4.39 Å². The predicted octanol–water partition coefficient (Wildman–Crippen LogP) is 3.43. The van der Waals surface area contributed by atoms with Crippen LogP contribution in [0.15, 0.2) is 42.5 Å². The highest BCUT2D eigenvalue weighted by Gasteiger charge is 2.09. The molecule has 0 N–H and O–H groups in total. The van der Waals surface area contributed by atoms with Crippen molar-refractivity contribution in [2.45, 2.75) is 20.0 Å². The predicted molar refractivity (Wildman–Crippen MR) is 77.6 cm³/mol. The van der Waals surface area contributed by atoms with Crippen molar-refractivity contribution in [1.82, 2.24) is 0 Å². The van der Waals surface area contributed by atoms with E-state index >= 15 is 0 Å². The highest BCUT2D eigenvalue weighted by atomic mass is 19.1. The SMILES string of the molecule is COC(=O)Cc1ccccc1COc1cc(C)ccc1F. The summed E-state index contributed by atoms with van der Waals surface area (Å²) in [5, 5.41) is 0. The number of hydrogen-bond donors (Lipinski definition) is 0. The van der Waals surface area contributed by atoms with Gasteiger partial charge in [0.25, 0.3) is 0 Å². The maximum atomic E-state index is 13.6. The Labute approximate surface area is 123 Å². The summed E-state index contributed by atoms with van der Waals surface area (Å²) in [7, 11) is 1.35. The molecule has 0 heterocycles. The molecular weight excluding hydrogens is 271 g/mol. The number of esters is 1. The molecule has 0 bridgehead atoms. The molecule has 2 aromatic carbocycles. The van der Waals surface area contributed by atoms with E-state index in [0.717, 1.165) is 16.7 Å². The molecule has 0 unspecified atom stereocenters. The highest BCUT2D eigenvalue weighted by molar-refractivity contribution is 5.72. The summed E-state index contributed by atoms with van der Waals surface area (Å²) >= 11 is 0. The number of ether oxygens (including phenoxy) is 2. The Hall–Kier alpha value is -2.36. The topological polar surface area (TPSA) is 35.5 Å². The average molecular weight is 288 g/mol. The van der Waals surface area contributed by atoms with E-state index in [2.05, 4.69) is 4.74 Å². The van der Waals surface area contributed by atoms with Crippen LogP contribution in [0.2, 0.25) is 0 Å². The molecule has 0 aliphatic heterocycles. The first-order valence-corrected chi connectivity index (χ1v) is 6.62. The maximum absolute atomic E-state index is 13.6. The molecule has 0 saturated heterocycles. The molecule has 0 aliphatic rings. The molecule has 0 aromatic heterocycles. The van der Waals surface area contributed by atoms with Gasteiger partial charge in [-0.3, -0.25) is 4.79 Å². The van der Waals surface area contributed by atoms with Crippen LogP contribution in [0, 0.1) is 12.7 Å². The zero-order valence-electron chi connectivity index (χ0n) is 12.1. The van der Waals surface area contributed by atoms with E-state index in [1.807, 2.05) is 31.2 Å². The van der Waals surface area contributed by atoms with E-state index in [0.29, 0.717) is 0 Å². The van der Waals surface area contributed by atoms with Crippen LogP contribution < -0.4 is 4.74 Å². The van der Waals surface area contributed by atoms with Gasteiger partial charge in [0.2, 0.25) is 0 Å². The molecule has 0 spiro atoms. The molecule has 110 valence electrons. The minimum absolute atomic E-state index is 0.173. The van der Waals surface area contributed by atoms with Gasteiger partial charge in [0.05, 0.1) is 13.5 Å². The van der Waals surface area contributed by atoms with Gasteiger partial charge in [0, 0.05) is 0 Å². The van der Waals surface area contributed by atoms with E-state index < -0.39 is 5.82 Å². The van der Waals surface area contributed by atoms with Gasteiger partial charge in [-0.15, -0.1) is 0 Å². The summed E-state index contributed by atoms with van der Waals surface area (Å²) < 4.78 is 23.8. The lowest BCUT2D eigenvalue weighted by Crippen LogP contribution is -2.08. The first-order valence-electron chi connectivity index (χ1n) is 6.62. The molecule has 0 fully saturated rings. The second-order valence-corrected chi connectivity index (χ2v) is 4.74. The molecule has 0 radical (unpaired) electrons. The number of hydrogen-bond acceptors (Lipinski definition) is 3. The largest absolute Gasteiger partial charge is 0.486 e. The fourth-order valence-corrected chi connectivity index (χ4v) is 1.98. The van der Waals surface area contributed by atoms with Crippen LogP contribution in [0.5, 0.6) is 5.75 Å². The van der Waals surface area contributed by atoms with Crippen molar-refractivity contribution < 1.29 is 18.7 Å². The summed E-state index contributed by atoms with van der Waals surface area (Å²) in [6.45, 7) is 2.07. The Morgan fingerprint density at radius 1 is 1.14 bits per heavy atom. The Morgan fingerprint density at radius 3 is 2.57 bits per heavy atom. The van der Waals surface area contributed by atoms with Gasteiger partial charge in [0.1, 0.15) is 6.61 Å². The standard InChI is InChI=1S/C17H17FO3/c1-12-7-8-15(18)16(9-12)21-11-14-6-4-3-5-13(14)10-17(19)20-2/h3-9H,10-11H2,1-2H3. The number of benzene rings is 2. The third-order valence-corrected chi connectivity index (χ3v) is 3.15. The van der Waals surface area contributed by atoms with Gasteiger partial charge >= 0.3 is 5.97 Å². The van der Waals surface area contributed by atoms with Gasteiger partial charge in [-0.2, -0.15) is 0 Å². The lowest BCUT2D eigenvalue weighted by molar-refractivity contribution is -0.139. The quantitative estimate of drug-likeness (QED) is 0.791. The molecule has 2 rings (SSSR count). The van der Waals surface area contributed by atoms with Gasteiger partial charge in [-0.05, 0) is 35.7 Å². The Balaban J connectivity index is 2.13. The minimum atomic E-state index is -0.397. The van der Waals surface area contributed by atoms with Crippen molar-refractivity contribution in [3.8, 4) is 5.75 Å². The lowest BCUT2D eigenvalue weighted by atomic mass is 10.1. The van der Waals surface area contributed by atoms with Crippen LogP contribution in [-0.2, 0) is 22.6 Å². The first-order chi connectivity index (χ1) is 10.1.